The highest BCUT2D eigenvalue weighted by Gasteiger charge is 1.91. The molecule has 0 aliphatic rings. The van der Waals surface area contributed by atoms with Crippen molar-refractivity contribution in [1.82, 2.24) is 4.98 Å². The fourth-order valence-corrected chi connectivity index (χ4v) is 2.00. The Labute approximate surface area is 121 Å². The van der Waals surface area contributed by atoms with E-state index in [1.807, 2.05) is 18.3 Å². The first-order chi connectivity index (χ1) is 9.19. The van der Waals surface area contributed by atoms with Gasteiger partial charge in [0.25, 0.3) is 0 Å². The summed E-state index contributed by atoms with van der Waals surface area (Å²) in [5.41, 5.74) is 10.4. The third-order valence-electron chi connectivity index (χ3n) is 3.03. The molecule has 2 aromatic carbocycles. The number of benzene rings is 2. The van der Waals surface area contributed by atoms with Crippen molar-refractivity contribution in [3.63, 3.8) is 0 Å². The third-order valence-corrected chi connectivity index (χ3v) is 3.03. The van der Waals surface area contributed by atoms with E-state index in [4.69, 9.17) is 5.73 Å². The topological polar surface area (TPSA) is 41.8 Å². The summed E-state index contributed by atoms with van der Waals surface area (Å²) in [5.74, 6) is 0. The second kappa shape index (κ2) is 7.51. The first-order valence-corrected chi connectivity index (χ1v) is 6.48. The number of H-pyrrole nitrogens is 1. The molecule has 0 bridgehead atoms. The molecule has 0 aliphatic carbocycles. The Morgan fingerprint density at radius 3 is 2.35 bits per heavy atom. The minimum Gasteiger partial charge on any atom is -0.361 e. The number of nitrogens with two attached hydrogens (primary N) is 1. The highest BCUT2D eigenvalue weighted by Crippen LogP contribution is 2.12. The molecule has 2 nitrogen and oxygen atoms in total. The predicted octanol–water partition coefficient (Wildman–Crippen LogP) is 4.57. The molecule has 2 heteroatoms. The van der Waals surface area contributed by atoms with Gasteiger partial charge in [0, 0.05) is 18.3 Å². The average Bonchev–Trinajstić information content (AvgIpc) is 2.86. The van der Waals surface area contributed by atoms with E-state index in [-0.39, 0.29) is 7.43 Å². The summed E-state index contributed by atoms with van der Waals surface area (Å²) in [6.07, 6.45) is 1.96. The number of rotatable bonds is 1. The summed E-state index contributed by atoms with van der Waals surface area (Å²) in [7, 11) is 0. The number of aromatic amines is 1. The highest BCUT2D eigenvalue weighted by atomic mass is 14.7. The van der Waals surface area contributed by atoms with Crippen molar-refractivity contribution in [3.8, 4) is 0 Å². The van der Waals surface area contributed by atoms with Gasteiger partial charge in [-0.1, -0.05) is 49.4 Å². The molecule has 0 saturated carbocycles. The van der Waals surface area contributed by atoms with E-state index in [1.165, 1.54) is 27.6 Å². The standard InChI is InChI=1S/C9H9N.C8H11N.CH4/c1-7-2-3-8-4-5-10-9(8)6-7;1-7-3-2-4-8(5-7)6-9;/h2-6,10H,1H3;2-5H,6,9H2,1H3;1H4. The Morgan fingerprint density at radius 1 is 0.950 bits per heavy atom. The van der Waals surface area contributed by atoms with Crippen molar-refractivity contribution in [2.45, 2.75) is 27.8 Å². The van der Waals surface area contributed by atoms with Crippen LogP contribution in [0.25, 0.3) is 10.9 Å². The van der Waals surface area contributed by atoms with Crippen LogP contribution in [0.3, 0.4) is 0 Å². The van der Waals surface area contributed by atoms with Crippen LogP contribution in [0.5, 0.6) is 0 Å². The molecule has 20 heavy (non-hydrogen) atoms. The van der Waals surface area contributed by atoms with Crippen LogP contribution in [0.1, 0.15) is 24.1 Å². The van der Waals surface area contributed by atoms with Gasteiger partial charge in [0.15, 0.2) is 0 Å². The van der Waals surface area contributed by atoms with E-state index in [0.29, 0.717) is 6.54 Å². The van der Waals surface area contributed by atoms with Crippen molar-refractivity contribution in [3.05, 3.63) is 71.4 Å². The molecule has 0 aliphatic heterocycles. The lowest BCUT2D eigenvalue weighted by molar-refractivity contribution is 1.07. The number of hydrogen-bond acceptors (Lipinski definition) is 1. The number of fused-ring (bicyclic) bond motifs is 1. The fraction of sp³-hybridized carbons (Fsp3) is 0.222. The first-order valence-electron chi connectivity index (χ1n) is 6.48. The smallest absolute Gasteiger partial charge is 0.0456 e. The molecule has 3 N–H and O–H groups in total. The molecular weight excluding hydrogens is 244 g/mol. The van der Waals surface area contributed by atoms with Crippen LogP contribution in [0.15, 0.2) is 54.7 Å². The van der Waals surface area contributed by atoms with Gasteiger partial charge in [0.1, 0.15) is 0 Å². The Hall–Kier alpha value is -2.06. The van der Waals surface area contributed by atoms with Crippen LogP contribution < -0.4 is 5.73 Å². The molecule has 3 rings (SSSR count). The van der Waals surface area contributed by atoms with E-state index < -0.39 is 0 Å². The van der Waals surface area contributed by atoms with Crippen LogP contribution in [0.2, 0.25) is 0 Å². The predicted molar refractivity (Wildman–Crippen MR) is 88.8 cm³/mol. The molecule has 0 amide bonds. The molecule has 3 aromatic rings. The van der Waals surface area contributed by atoms with Crippen LogP contribution in [0, 0.1) is 13.8 Å². The van der Waals surface area contributed by atoms with Gasteiger partial charge in [-0.2, -0.15) is 0 Å². The van der Waals surface area contributed by atoms with Gasteiger partial charge in [-0.15, -0.1) is 0 Å². The van der Waals surface area contributed by atoms with Crippen molar-refractivity contribution >= 4 is 10.9 Å². The maximum atomic E-state index is 5.42. The van der Waals surface area contributed by atoms with Crippen molar-refractivity contribution in [1.29, 1.82) is 0 Å². The molecule has 0 unspecified atom stereocenters. The number of aromatic nitrogens is 1. The van der Waals surface area contributed by atoms with E-state index in [0.717, 1.165) is 0 Å². The number of nitrogens with one attached hydrogen (secondary N) is 1. The normalized spacial score (nSPS) is 9.55. The van der Waals surface area contributed by atoms with Gasteiger partial charge in [-0.3, -0.25) is 0 Å². The van der Waals surface area contributed by atoms with Gasteiger partial charge in [0.05, 0.1) is 0 Å². The summed E-state index contributed by atoms with van der Waals surface area (Å²) >= 11 is 0. The lowest BCUT2D eigenvalue weighted by Crippen LogP contribution is -1.95. The van der Waals surface area contributed by atoms with Crippen LogP contribution >= 0.6 is 0 Å². The Balaban J connectivity index is 0.000000192. The van der Waals surface area contributed by atoms with Crippen LogP contribution in [-0.4, -0.2) is 4.98 Å². The van der Waals surface area contributed by atoms with Crippen LogP contribution in [-0.2, 0) is 6.54 Å². The second-order valence-electron chi connectivity index (χ2n) is 4.76. The zero-order valence-electron chi connectivity index (χ0n) is 11.5. The SMILES string of the molecule is C.Cc1ccc2cc[nH]c2c1.Cc1cccc(CN)c1. The van der Waals surface area contributed by atoms with E-state index >= 15 is 0 Å². The van der Waals surface area contributed by atoms with Gasteiger partial charge in [-0.05, 0) is 42.5 Å². The molecule has 0 saturated heterocycles. The van der Waals surface area contributed by atoms with Crippen molar-refractivity contribution in [2.24, 2.45) is 5.73 Å². The third kappa shape index (κ3) is 4.25. The maximum Gasteiger partial charge on any atom is 0.0456 e. The van der Waals surface area contributed by atoms with Crippen molar-refractivity contribution < 1.29 is 0 Å². The fourth-order valence-electron chi connectivity index (χ4n) is 2.00. The number of hydrogen-bond donors (Lipinski definition) is 2. The molecule has 1 heterocycles. The second-order valence-corrected chi connectivity index (χ2v) is 4.76. The van der Waals surface area contributed by atoms with Crippen molar-refractivity contribution in [2.75, 3.05) is 0 Å². The van der Waals surface area contributed by atoms with Gasteiger partial charge < -0.3 is 10.7 Å². The van der Waals surface area contributed by atoms with Crippen LogP contribution in [0.4, 0.5) is 0 Å². The van der Waals surface area contributed by atoms with E-state index in [1.54, 1.807) is 0 Å². The van der Waals surface area contributed by atoms with Gasteiger partial charge >= 0.3 is 0 Å². The Bertz CT molecular complexity index is 653. The summed E-state index contributed by atoms with van der Waals surface area (Å²) in [6, 6.07) is 16.7. The zero-order chi connectivity index (χ0) is 13.7. The largest absolute Gasteiger partial charge is 0.361 e. The minimum absolute atomic E-state index is 0. The quantitative estimate of drug-likeness (QED) is 0.667. The highest BCUT2D eigenvalue weighted by molar-refractivity contribution is 5.79. The summed E-state index contributed by atoms with van der Waals surface area (Å²) in [4.78, 5) is 3.16. The summed E-state index contributed by atoms with van der Waals surface area (Å²) in [5, 5.41) is 1.28. The zero-order valence-corrected chi connectivity index (χ0v) is 11.5. The lowest BCUT2D eigenvalue weighted by atomic mass is 10.1. The Kier molecular flexibility index (Phi) is 6.01. The molecule has 106 valence electrons. The molecule has 0 spiro atoms. The monoisotopic (exact) mass is 268 g/mol. The minimum atomic E-state index is 0. The maximum absolute atomic E-state index is 5.42. The van der Waals surface area contributed by atoms with E-state index in [2.05, 4.69) is 55.2 Å². The molecule has 1 aromatic heterocycles. The lowest BCUT2D eigenvalue weighted by Gasteiger charge is -1.95. The summed E-state index contributed by atoms with van der Waals surface area (Å²) in [6.45, 7) is 4.81. The molecule has 0 atom stereocenters. The first kappa shape index (κ1) is 16.0. The average molecular weight is 268 g/mol. The number of aryl methyl sites for hydroxylation is 2. The van der Waals surface area contributed by atoms with Gasteiger partial charge in [-0.25, -0.2) is 0 Å². The van der Waals surface area contributed by atoms with E-state index in [9.17, 15) is 0 Å². The molecule has 0 fully saturated rings. The molecular formula is C18H24N2. The molecule has 0 radical (unpaired) electrons. The Morgan fingerprint density at radius 2 is 1.70 bits per heavy atom. The van der Waals surface area contributed by atoms with Gasteiger partial charge in [0.2, 0.25) is 0 Å². The summed E-state index contributed by atoms with van der Waals surface area (Å²) < 4.78 is 0.